The van der Waals surface area contributed by atoms with Crippen LogP contribution in [-0.4, -0.2) is 21.5 Å². The molecule has 0 spiro atoms. The Balaban J connectivity index is 1.94. The monoisotopic (exact) mass is 367 g/mol. The summed E-state index contributed by atoms with van der Waals surface area (Å²) >= 11 is 9.75. The molecule has 0 radical (unpaired) electrons. The van der Waals surface area contributed by atoms with Crippen LogP contribution in [0.15, 0.2) is 10.7 Å². The predicted molar refractivity (Wildman–Crippen MR) is 87.6 cm³/mol. The van der Waals surface area contributed by atoms with Crippen molar-refractivity contribution in [3.63, 3.8) is 0 Å². The van der Waals surface area contributed by atoms with Crippen molar-refractivity contribution < 1.29 is 0 Å². The summed E-state index contributed by atoms with van der Waals surface area (Å²) in [6.07, 6.45) is 2.71. The molecule has 0 bridgehead atoms. The van der Waals surface area contributed by atoms with Crippen molar-refractivity contribution in [2.24, 2.45) is 0 Å². The number of nitrogen functional groups attached to an aromatic ring is 1. The number of aromatic nitrogens is 3. The number of hydrogen-bond donors (Lipinski definition) is 1. The Hall–Kier alpha value is -1.40. The van der Waals surface area contributed by atoms with Gasteiger partial charge in [-0.25, -0.2) is 4.98 Å². The molecule has 2 N–H and O–H groups in total. The average molecular weight is 369 g/mol. The van der Waals surface area contributed by atoms with E-state index in [0.717, 1.165) is 45.6 Å². The van der Waals surface area contributed by atoms with E-state index in [-0.39, 0.29) is 5.95 Å². The van der Waals surface area contributed by atoms with Crippen LogP contribution in [0, 0.1) is 13.8 Å². The third-order valence-electron chi connectivity index (χ3n) is 3.75. The van der Waals surface area contributed by atoms with Crippen molar-refractivity contribution in [2.75, 3.05) is 17.2 Å². The zero-order valence-electron chi connectivity index (χ0n) is 11.8. The lowest BCUT2D eigenvalue weighted by Crippen LogP contribution is -2.22. The van der Waals surface area contributed by atoms with Crippen molar-refractivity contribution in [3.05, 3.63) is 38.2 Å². The van der Waals surface area contributed by atoms with Gasteiger partial charge in [0.15, 0.2) is 0 Å². The van der Waals surface area contributed by atoms with Crippen molar-refractivity contribution in [1.82, 2.24) is 15.0 Å². The van der Waals surface area contributed by atoms with E-state index in [1.165, 1.54) is 0 Å². The summed E-state index contributed by atoms with van der Waals surface area (Å²) in [5, 5.41) is 0.453. The third kappa shape index (κ3) is 2.58. The molecule has 0 saturated heterocycles. The van der Waals surface area contributed by atoms with Crippen LogP contribution in [0.25, 0.3) is 0 Å². The number of fused-ring (bicyclic) bond motifs is 1. The predicted octanol–water partition coefficient (Wildman–Crippen LogP) is 3.05. The van der Waals surface area contributed by atoms with Gasteiger partial charge in [0.25, 0.3) is 0 Å². The molecule has 0 amide bonds. The Morgan fingerprint density at radius 2 is 2.14 bits per heavy atom. The van der Waals surface area contributed by atoms with Crippen molar-refractivity contribution >= 4 is 39.3 Å². The van der Waals surface area contributed by atoms with E-state index >= 15 is 0 Å². The van der Waals surface area contributed by atoms with E-state index in [0.29, 0.717) is 11.7 Å². The first-order valence-corrected chi connectivity index (χ1v) is 7.82. The van der Waals surface area contributed by atoms with Gasteiger partial charge in [0.2, 0.25) is 5.95 Å². The van der Waals surface area contributed by atoms with Crippen LogP contribution in [0.4, 0.5) is 11.8 Å². The molecule has 1 aliphatic heterocycles. The van der Waals surface area contributed by atoms with Gasteiger partial charge < -0.3 is 10.6 Å². The van der Waals surface area contributed by atoms with E-state index in [9.17, 15) is 0 Å². The summed E-state index contributed by atoms with van der Waals surface area (Å²) in [6, 6.07) is 0. The minimum Gasteiger partial charge on any atom is -0.368 e. The van der Waals surface area contributed by atoms with Gasteiger partial charge in [-0.3, -0.25) is 4.98 Å². The maximum absolute atomic E-state index is 6.14. The Morgan fingerprint density at radius 1 is 1.38 bits per heavy atom. The molecule has 1 aliphatic rings. The maximum atomic E-state index is 6.14. The van der Waals surface area contributed by atoms with Gasteiger partial charge in [0, 0.05) is 22.8 Å². The molecule has 0 unspecified atom stereocenters. The molecule has 2 aromatic heterocycles. The zero-order valence-corrected chi connectivity index (χ0v) is 14.2. The van der Waals surface area contributed by atoms with Gasteiger partial charge in [-0.2, -0.15) is 4.98 Å². The SMILES string of the molecule is Cc1cnc(CN2CCc3c(Cl)nc(N)nc32)c(C)c1Br. The fourth-order valence-electron chi connectivity index (χ4n) is 2.54. The highest BCUT2D eigenvalue weighted by molar-refractivity contribution is 9.10. The maximum Gasteiger partial charge on any atom is 0.223 e. The quantitative estimate of drug-likeness (QED) is 0.825. The average Bonchev–Trinajstić information content (AvgIpc) is 2.83. The molecule has 0 aromatic carbocycles. The molecule has 7 heteroatoms. The standard InChI is InChI=1S/C14H15BrClN5/c1-7-5-18-10(8(2)11(7)15)6-21-4-3-9-12(16)19-14(17)20-13(9)21/h5H,3-4,6H2,1-2H3,(H2,17,19,20). The van der Waals surface area contributed by atoms with E-state index in [4.69, 9.17) is 17.3 Å². The van der Waals surface area contributed by atoms with Gasteiger partial charge in [-0.15, -0.1) is 0 Å². The minimum atomic E-state index is 0.209. The molecule has 2 aromatic rings. The number of anilines is 2. The van der Waals surface area contributed by atoms with E-state index in [1.54, 1.807) is 0 Å². The molecule has 0 saturated carbocycles. The molecule has 3 heterocycles. The smallest absolute Gasteiger partial charge is 0.223 e. The van der Waals surface area contributed by atoms with Crippen LogP contribution in [0.2, 0.25) is 5.15 Å². The van der Waals surface area contributed by atoms with Crippen LogP contribution in [0.5, 0.6) is 0 Å². The van der Waals surface area contributed by atoms with E-state index in [2.05, 4.69) is 42.7 Å². The molecular weight excluding hydrogens is 354 g/mol. The van der Waals surface area contributed by atoms with Gasteiger partial charge in [-0.1, -0.05) is 27.5 Å². The van der Waals surface area contributed by atoms with Crippen LogP contribution in [0.3, 0.4) is 0 Å². The Morgan fingerprint density at radius 3 is 2.90 bits per heavy atom. The summed E-state index contributed by atoms with van der Waals surface area (Å²) in [4.78, 5) is 15.0. The van der Waals surface area contributed by atoms with Gasteiger partial charge in [0.05, 0.1) is 12.2 Å². The Bertz CT molecular complexity index is 719. The van der Waals surface area contributed by atoms with Crippen molar-refractivity contribution in [2.45, 2.75) is 26.8 Å². The van der Waals surface area contributed by atoms with Crippen LogP contribution in [0.1, 0.15) is 22.4 Å². The second kappa shape index (κ2) is 5.42. The lowest BCUT2D eigenvalue weighted by molar-refractivity contribution is 0.797. The van der Waals surface area contributed by atoms with Crippen molar-refractivity contribution in [1.29, 1.82) is 0 Å². The summed E-state index contributed by atoms with van der Waals surface area (Å²) in [5.41, 5.74) is 9.98. The second-order valence-electron chi connectivity index (χ2n) is 5.17. The molecule has 110 valence electrons. The number of hydrogen-bond acceptors (Lipinski definition) is 5. The highest BCUT2D eigenvalue weighted by atomic mass is 79.9. The number of nitrogens with two attached hydrogens (primary N) is 1. The molecule has 0 fully saturated rings. The first-order valence-electron chi connectivity index (χ1n) is 6.64. The number of pyridine rings is 1. The van der Waals surface area contributed by atoms with Gasteiger partial charge in [-0.05, 0) is 31.4 Å². The number of aryl methyl sites for hydroxylation is 1. The molecule has 21 heavy (non-hydrogen) atoms. The van der Waals surface area contributed by atoms with Crippen molar-refractivity contribution in [3.8, 4) is 0 Å². The van der Waals surface area contributed by atoms with E-state index in [1.807, 2.05) is 13.1 Å². The molecular formula is C14H15BrClN5. The first kappa shape index (κ1) is 14.5. The lowest BCUT2D eigenvalue weighted by atomic mass is 10.1. The van der Waals surface area contributed by atoms with Gasteiger partial charge >= 0.3 is 0 Å². The molecule has 3 rings (SSSR count). The van der Waals surface area contributed by atoms with Crippen LogP contribution < -0.4 is 10.6 Å². The number of nitrogens with zero attached hydrogens (tertiary/aromatic N) is 4. The van der Waals surface area contributed by atoms with Crippen LogP contribution >= 0.6 is 27.5 Å². The largest absolute Gasteiger partial charge is 0.368 e. The highest BCUT2D eigenvalue weighted by Gasteiger charge is 2.25. The van der Waals surface area contributed by atoms with Crippen LogP contribution in [-0.2, 0) is 13.0 Å². The Kier molecular flexibility index (Phi) is 3.75. The first-order chi connectivity index (χ1) is 9.97. The summed E-state index contributed by atoms with van der Waals surface area (Å²) in [7, 11) is 0. The minimum absolute atomic E-state index is 0.209. The Labute approximate surface area is 136 Å². The molecule has 5 nitrogen and oxygen atoms in total. The summed E-state index contributed by atoms with van der Waals surface area (Å²) < 4.78 is 1.10. The molecule has 0 aliphatic carbocycles. The topological polar surface area (TPSA) is 67.9 Å². The highest BCUT2D eigenvalue weighted by Crippen LogP contribution is 2.33. The molecule has 0 atom stereocenters. The fraction of sp³-hybridized carbons (Fsp3) is 0.357. The summed E-state index contributed by atoms with van der Waals surface area (Å²) in [6.45, 7) is 5.63. The van der Waals surface area contributed by atoms with E-state index < -0.39 is 0 Å². The number of rotatable bonds is 2. The van der Waals surface area contributed by atoms with Gasteiger partial charge in [0.1, 0.15) is 11.0 Å². The zero-order chi connectivity index (χ0) is 15.1. The second-order valence-corrected chi connectivity index (χ2v) is 6.32. The fourth-order valence-corrected chi connectivity index (χ4v) is 3.13. The lowest BCUT2D eigenvalue weighted by Gasteiger charge is -2.20. The summed E-state index contributed by atoms with van der Waals surface area (Å²) in [5.74, 6) is 1.03. The normalized spacial score (nSPS) is 13.6. The third-order valence-corrected chi connectivity index (χ3v) is 5.28. The number of halogens is 2.